The Bertz CT molecular complexity index is 1280. The van der Waals surface area contributed by atoms with Gasteiger partial charge in [0.05, 0.1) is 17.2 Å². The number of fused-ring (bicyclic) bond motifs is 3. The largest absolute Gasteiger partial charge is 0.480 e. The van der Waals surface area contributed by atoms with Gasteiger partial charge in [-0.2, -0.15) is 5.26 Å². The number of nitriles is 1. The van der Waals surface area contributed by atoms with Crippen molar-refractivity contribution in [2.45, 2.75) is 49.4 Å². The average molecular weight is 504 g/mol. The van der Waals surface area contributed by atoms with Gasteiger partial charge in [0, 0.05) is 41.6 Å². The van der Waals surface area contributed by atoms with Crippen LogP contribution in [-0.4, -0.2) is 51.4 Å². The molecule has 2 aromatic rings. The molecule has 0 amide bonds. The summed E-state index contributed by atoms with van der Waals surface area (Å²) < 4.78 is 6.91. The van der Waals surface area contributed by atoms with Crippen LogP contribution in [0.15, 0.2) is 66.4 Å². The lowest BCUT2D eigenvalue weighted by Crippen LogP contribution is -2.63. The van der Waals surface area contributed by atoms with Crippen molar-refractivity contribution >= 4 is 11.6 Å². The Morgan fingerprint density at radius 2 is 2.00 bits per heavy atom. The minimum atomic E-state index is -1.78. The number of ether oxygens (including phenoxy) is 1. The number of hydrogen-bond acceptors (Lipinski definition) is 6. The molecule has 36 heavy (non-hydrogen) atoms. The summed E-state index contributed by atoms with van der Waals surface area (Å²) in [5.41, 5.74) is -1.91. The molecule has 1 saturated carbocycles. The first-order valence-corrected chi connectivity index (χ1v) is 13.0. The van der Waals surface area contributed by atoms with Crippen molar-refractivity contribution in [2.75, 3.05) is 19.6 Å². The highest BCUT2D eigenvalue weighted by atomic mass is 35.5. The molecule has 2 aliphatic carbocycles. The number of likely N-dealkylation sites (tertiary alicyclic amines) is 1. The van der Waals surface area contributed by atoms with Crippen molar-refractivity contribution in [1.29, 1.82) is 5.26 Å². The zero-order valence-corrected chi connectivity index (χ0v) is 21.0. The highest BCUT2D eigenvalue weighted by molar-refractivity contribution is 6.30. The van der Waals surface area contributed by atoms with Crippen LogP contribution in [0.2, 0.25) is 5.02 Å². The second-order valence-corrected chi connectivity index (χ2v) is 11.3. The molecule has 6 rings (SSSR count). The number of allylic oxidation sites excluding steroid dienone is 3. The van der Waals surface area contributed by atoms with Gasteiger partial charge in [0.15, 0.2) is 11.2 Å². The Labute approximate surface area is 216 Å². The van der Waals surface area contributed by atoms with Crippen LogP contribution in [0.4, 0.5) is 0 Å². The first-order valence-electron chi connectivity index (χ1n) is 12.7. The van der Waals surface area contributed by atoms with Crippen LogP contribution in [0.3, 0.4) is 0 Å². The normalized spacial score (nSPS) is 37.2. The molecule has 2 aliphatic heterocycles. The van der Waals surface area contributed by atoms with Crippen molar-refractivity contribution in [2.24, 2.45) is 11.3 Å². The van der Waals surface area contributed by atoms with Gasteiger partial charge in [-0.25, -0.2) is 0 Å². The summed E-state index contributed by atoms with van der Waals surface area (Å²) in [5.74, 6) is -0.249. The van der Waals surface area contributed by atoms with Gasteiger partial charge >= 0.3 is 0 Å². The van der Waals surface area contributed by atoms with Crippen molar-refractivity contribution < 1.29 is 14.9 Å². The summed E-state index contributed by atoms with van der Waals surface area (Å²) >= 11 is 6.31. The summed E-state index contributed by atoms with van der Waals surface area (Å²) in [6.07, 6.45) is 8.80. The van der Waals surface area contributed by atoms with E-state index in [-0.39, 0.29) is 11.8 Å². The van der Waals surface area contributed by atoms with Crippen LogP contribution in [0.25, 0.3) is 0 Å². The molecule has 2 fully saturated rings. The summed E-state index contributed by atoms with van der Waals surface area (Å²) in [6.45, 7) is 4.66. The minimum absolute atomic E-state index is 0.298. The van der Waals surface area contributed by atoms with Gasteiger partial charge in [0.25, 0.3) is 0 Å². The number of hydrogen-bond donors (Lipinski definition) is 2. The second-order valence-electron chi connectivity index (χ2n) is 10.8. The van der Waals surface area contributed by atoms with E-state index in [1.165, 1.54) is 6.20 Å². The molecular weight excluding hydrogens is 474 g/mol. The number of pyridine rings is 1. The number of aliphatic hydroxyl groups excluding tert-OH is 1. The maximum atomic E-state index is 12.8. The fourth-order valence-electron chi connectivity index (χ4n) is 7.27. The van der Waals surface area contributed by atoms with Crippen LogP contribution in [0, 0.1) is 22.7 Å². The van der Waals surface area contributed by atoms with Crippen molar-refractivity contribution in [3.63, 3.8) is 0 Å². The van der Waals surface area contributed by atoms with Gasteiger partial charge in [0.1, 0.15) is 11.4 Å². The third-order valence-electron chi connectivity index (χ3n) is 8.90. The Morgan fingerprint density at radius 1 is 1.25 bits per heavy atom. The summed E-state index contributed by atoms with van der Waals surface area (Å²) in [4.78, 5) is 6.93. The molecule has 186 valence electrons. The molecule has 0 bridgehead atoms. The molecule has 1 saturated heterocycles. The standard InChI is InChI=1S/C29H30ClN3O3/c1-27(11-9-19(16-31)10-12-27)29-24(20-7-3-2-4-8-20)22(18-33-13-5-6-14-33)26(34)28(29,35)25-23(36-29)15-21(30)17-32-25/h2-4,7-11,15,17,22,24,26,34-35H,5-6,12-14,18H2,1H3/t22-,24+,26+,27?,28-,29+/m0/s1. The predicted molar refractivity (Wildman–Crippen MR) is 136 cm³/mol. The van der Waals surface area contributed by atoms with E-state index in [1.807, 2.05) is 37.3 Å². The molecule has 1 unspecified atom stereocenters. The van der Waals surface area contributed by atoms with Crippen LogP contribution in [0.5, 0.6) is 5.75 Å². The smallest absolute Gasteiger partial charge is 0.177 e. The molecular formula is C29H30ClN3O3. The van der Waals surface area contributed by atoms with E-state index in [0.29, 0.717) is 35.0 Å². The zero-order chi connectivity index (χ0) is 25.1. The number of nitrogens with zero attached hydrogens (tertiary/aromatic N) is 3. The van der Waals surface area contributed by atoms with Crippen molar-refractivity contribution in [1.82, 2.24) is 9.88 Å². The predicted octanol–water partition coefficient (Wildman–Crippen LogP) is 4.34. The van der Waals surface area contributed by atoms with Crippen LogP contribution in [-0.2, 0) is 5.60 Å². The first-order chi connectivity index (χ1) is 17.3. The number of benzene rings is 1. The lowest BCUT2D eigenvalue weighted by Gasteiger charge is -2.51. The Balaban J connectivity index is 1.60. The van der Waals surface area contributed by atoms with E-state index in [9.17, 15) is 15.5 Å². The minimum Gasteiger partial charge on any atom is -0.480 e. The Kier molecular flexibility index (Phi) is 5.55. The third-order valence-corrected chi connectivity index (χ3v) is 9.10. The number of rotatable bonds is 4. The summed E-state index contributed by atoms with van der Waals surface area (Å²) in [7, 11) is 0. The maximum Gasteiger partial charge on any atom is 0.177 e. The zero-order valence-electron chi connectivity index (χ0n) is 20.3. The third kappa shape index (κ3) is 3.10. The van der Waals surface area contributed by atoms with E-state index < -0.39 is 22.7 Å². The molecule has 2 N–H and O–H groups in total. The van der Waals surface area contributed by atoms with Crippen LogP contribution >= 0.6 is 11.6 Å². The number of halogens is 1. The molecule has 3 heterocycles. The fourth-order valence-corrected chi connectivity index (χ4v) is 7.42. The topological polar surface area (TPSA) is 89.6 Å². The molecule has 1 aromatic heterocycles. The van der Waals surface area contributed by atoms with Gasteiger partial charge < -0.3 is 19.8 Å². The van der Waals surface area contributed by atoms with Crippen molar-refractivity contribution in [3.8, 4) is 11.8 Å². The average Bonchev–Trinajstić information content (AvgIpc) is 3.54. The van der Waals surface area contributed by atoms with Gasteiger partial charge in [-0.05, 0) is 44.0 Å². The van der Waals surface area contributed by atoms with E-state index in [1.54, 1.807) is 12.1 Å². The Morgan fingerprint density at radius 3 is 2.67 bits per heavy atom. The molecule has 4 aliphatic rings. The quantitative estimate of drug-likeness (QED) is 0.645. The molecule has 6 nitrogen and oxygen atoms in total. The van der Waals surface area contributed by atoms with Crippen LogP contribution < -0.4 is 4.74 Å². The van der Waals surface area contributed by atoms with E-state index >= 15 is 0 Å². The first kappa shape index (κ1) is 23.7. The maximum absolute atomic E-state index is 12.8. The molecule has 1 aromatic carbocycles. The molecule has 6 atom stereocenters. The van der Waals surface area contributed by atoms with E-state index in [2.05, 4.69) is 28.1 Å². The van der Waals surface area contributed by atoms with Gasteiger partial charge in [-0.1, -0.05) is 61.0 Å². The summed E-state index contributed by atoms with van der Waals surface area (Å²) in [6, 6.07) is 14.0. The van der Waals surface area contributed by atoms with Gasteiger partial charge in [0.2, 0.25) is 0 Å². The number of aliphatic hydroxyl groups is 2. The number of aromatic nitrogens is 1. The highest BCUT2D eigenvalue weighted by Gasteiger charge is 2.80. The second kappa shape index (κ2) is 8.43. The van der Waals surface area contributed by atoms with E-state index in [0.717, 1.165) is 31.5 Å². The van der Waals surface area contributed by atoms with Crippen LogP contribution in [0.1, 0.15) is 43.4 Å². The van der Waals surface area contributed by atoms with Crippen molar-refractivity contribution in [3.05, 3.63) is 82.7 Å². The van der Waals surface area contributed by atoms with Gasteiger partial charge in [-0.15, -0.1) is 0 Å². The molecule has 7 heteroatoms. The monoisotopic (exact) mass is 503 g/mol. The lowest BCUT2D eigenvalue weighted by molar-refractivity contribution is -0.186. The van der Waals surface area contributed by atoms with E-state index in [4.69, 9.17) is 16.3 Å². The van der Waals surface area contributed by atoms with Gasteiger partial charge in [-0.3, -0.25) is 4.98 Å². The highest BCUT2D eigenvalue weighted by Crippen LogP contribution is 2.70. The fraction of sp³-hybridized carbons (Fsp3) is 0.448. The summed E-state index contributed by atoms with van der Waals surface area (Å²) in [5, 5.41) is 34.8. The molecule has 0 radical (unpaired) electrons. The SMILES string of the molecule is CC1([C@@]23Oc4cc(Cl)cnc4[C@]2(O)[C@H](O)[C@@H](CN2CCCC2)[C@H]3c2ccccc2)C=CC(C#N)=CC1. The Hall–Kier alpha value is -2.69. The lowest BCUT2D eigenvalue weighted by atomic mass is 9.58. The molecule has 0 spiro atoms.